The van der Waals surface area contributed by atoms with Crippen molar-refractivity contribution in [2.45, 2.75) is 431 Å². The Kier molecular flexibility index (Phi) is 68.0. The molecule has 0 aliphatic heterocycles. The summed E-state index contributed by atoms with van der Waals surface area (Å²) in [6.07, 6.45) is 84.7. The summed E-state index contributed by atoms with van der Waals surface area (Å²) in [6, 6.07) is 0. The second-order valence-electron chi connectivity index (χ2n) is 25.2. The molecule has 0 saturated carbocycles. The van der Waals surface area contributed by atoms with Crippen LogP contribution in [0, 0.1) is 0 Å². The molecule has 0 aromatic carbocycles. The SMILES string of the molecule is CCCCCCCCCC/C=C\CCCCCCCCCCCCCCCCCCCCCCCCCC(=O)OCC(COC(=O)CCCCCCC)OC(=O)CCCCCCCCCCCCCCCCCCCCCCCC. The van der Waals surface area contributed by atoms with Gasteiger partial charge in [-0.15, -0.1) is 0 Å². The van der Waals surface area contributed by atoms with E-state index >= 15 is 0 Å². The number of hydrogen-bond acceptors (Lipinski definition) is 6. The molecule has 0 saturated heterocycles. The first-order valence-corrected chi connectivity index (χ1v) is 36.7. The first-order chi connectivity index (χ1) is 39.5. The molecule has 0 radical (unpaired) electrons. The molecule has 1 unspecified atom stereocenters. The summed E-state index contributed by atoms with van der Waals surface area (Å²) in [6.45, 7) is 6.64. The quantitative estimate of drug-likeness (QED) is 0.0261. The van der Waals surface area contributed by atoms with Gasteiger partial charge < -0.3 is 14.2 Å². The minimum Gasteiger partial charge on any atom is -0.462 e. The molecular formula is C74H142O6. The zero-order valence-electron chi connectivity index (χ0n) is 54.6. The van der Waals surface area contributed by atoms with Gasteiger partial charge >= 0.3 is 17.9 Å². The third-order valence-corrected chi connectivity index (χ3v) is 17.0. The lowest BCUT2D eigenvalue weighted by Crippen LogP contribution is -2.30. The second kappa shape index (κ2) is 69.6. The molecule has 0 bridgehead atoms. The minimum absolute atomic E-state index is 0.0633. The Hall–Kier alpha value is -1.85. The van der Waals surface area contributed by atoms with E-state index in [0.717, 1.165) is 64.2 Å². The molecule has 0 rings (SSSR count). The first kappa shape index (κ1) is 78.1. The molecule has 0 aliphatic carbocycles. The lowest BCUT2D eigenvalue weighted by Gasteiger charge is -2.18. The maximum absolute atomic E-state index is 12.9. The fraction of sp³-hybridized carbons (Fsp3) is 0.932. The predicted molar refractivity (Wildman–Crippen MR) is 349 cm³/mol. The van der Waals surface area contributed by atoms with Gasteiger partial charge in [-0.2, -0.15) is 0 Å². The van der Waals surface area contributed by atoms with Crippen LogP contribution >= 0.6 is 0 Å². The summed E-state index contributed by atoms with van der Waals surface area (Å²) in [7, 11) is 0. The Bertz CT molecular complexity index is 1250. The van der Waals surface area contributed by atoms with Crippen molar-refractivity contribution in [3.8, 4) is 0 Å². The summed E-state index contributed by atoms with van der Waals surface area (Å²) in [5.41, 5.74) is 0. The van der Waals surface area contributed by atoms with Gasteiger partial charge in [0.2, 0.25) is 0 Å². The lowest BCUT2D eigenvalue weighted by molar-refractivity contribution is -0.167. The van der Waals surface area contributed by atoms with Crippen LogP contribution in [0.2, 0.25) is 0 Å². The molecule has 474 valence electrons. The predicted octanol–water partition coefficient (Wildman–Crippen LogP) is 25.2. The van der Waals surface area contributed by atoms with Gasteiger partial charge in [0.25, 0.3) is 0 Å². The molecule has 0 fully saturated rings. The number of unbranched alkanes of at least 4 members (excludes halogenated alkanes) is 56. The number of allylic oxidation sites excluding steroid dienone is 2. The average Bonchev–Trinajstić information content (AvgIpc) is 3.46. The second-order valence-corrected chi connectivity index (χ2v) is 25.2. The number of rotatable bonds is 69. The fourth-order valence-electron chi connectivity index (χ4n) is 11.5. The van der Waals surface area contributed by atoms with Gasteiger partial charge in [0.15, 0.2) is 6.10 Å². The van der Waals surface area contributed by atoms with Gasteiger partial charge in [-0.05, 0) is 44.9 Å². The van der Waals surface area contributed by atoms with Crippen LogP contribution in [0.4, 0.5) is 0 Å². The van der Waals surface area contributed by atoms with Gasteiger partial charge in [0.05, 0.1) is 0 Å². The Labute approximate surface area is 501 Å². The molecule has 6 nitrogen and oxygen atoms in total. The van der Waals surface area contributed by atoms with Crippen LogP contribution in [0.5, 0.6) is 0 Å². The molecular weight excluding hydrogens is 985 g/mol. The van der Waals surface area contributed by atoms with E-state index in [4.69, 9.17) is 14.2 Å². The molecule has 0 heterocycles. The molecule has 6 heteroatoms. The maximum atomic E-state index is 12.9. The van der Waals surface area contributed by atoms with Crippen LogP contribution in [-0.2, 0) is 28.6 Å². The third-order valence-electron chi connectivity index (χ3n) is 17.0. The number of carbonyl (C=O) groups excluding carboxylic acids is 3. The molecule has 0 N–H and O–H groups in total. The van der Waals surface area contributed by atoms with E-state index in [1.54, 1.807) is 0 Å². The van der Waals surface area contributed by atoms with Crippen LogP contribution in [0.3, 0.4) is 0 Å². The highest BCUT2D eigenvalue weighted by molar-refractivity contribution is 5.71. The Balaban J connectivity index is 3.84. The third kappa shape index (κ3) is 66.9. The topological polar surface area (TPSA) is 78.9 Å². The molecule has 0 spiro atoms. The van der Waals surface area contributed by atoms with Gasteiger partial charge in [-0.25, -0.2) is 0 Å². The summed E-state index contributed by atoms with van der Waals surface area (Å²) >= 11 is 0. The summed E-state index contributed by atoms with van der Waals surface area (Å²) in [4.78, 5) is 38.0. The van der Waals surface area contributed by atoms with Crippen molar-refractivity contribution < 1.29 is 28.6 Å². The number of hydrogen-bond donors (Lipinski definition) is 0. The van der Waals surface area contributed by atoms with Crippen molar-refractivity contribution >= 4 is 17.9 Å². The Morgan fingerprint density at radius 2 is 0.412 bits per heavy atom. The van der Waals surface area contributed by atoms with Crippen LogP contribution in [0.25, 0.3) is 0 Å². The molecule has 1 atom stereocenters. The summed E-state index contributed by atoms with van der Waals surface area (Å²) in [5.74, 6) is -0.845. The summed E-state index contributed by atoms with van der Waals surface area (Å²) < 4.78 is 16.8. The fourth-order valence-corrected chi connectivity index (χ4v) is 11.5. The number of ether oxygens (including phenoxy) is 3. The average molecular weight is 1130 g/mol. The molecule has 0 aromatic rings. The maximum Gasteiger partial charge on any atom is 0.306 e. The summed E-state index contributed by atoms with van der Waals surface area (Å²) in [5, 5.41) is 0. The van der Waals surface area contributed by atoms with Gasteiger partial charge in [0.1, 0.15) is 13.2 Å². The molecule has 0 aliphatic rings. The van der Waals surface area contributed by atoms with Gasteiger partial charge in [0, 0.05) is 19.3 Å². The van der Waals surface area contributed by atoms with Gasteiger partial charge in [-0.1, -0.05) is 373 Å². The van der Waals surface area contributed by atoms with Crippen molar-refractivity contribution in [3.63, 3.8) is 0 Å². The van der Waals surface area contributed by atoms with Crippen LogP contribution in [-0.4, -0.2) is 37.2 Å². The van der Waals surface area contributed by atoms with E-state index in [2.05, 4.69) is 32.9 Å². The van der Waals surface area contributed by atoms with E-state index in [0.29, 0.717) is 19.3 Å². The van der Waals surface area contributed by atoms with Crippen molar-refractivity contribution in [1.29, 1.82) is 0 Å². The number of esters is 3. The van der Waals surface area contributed by atoms with Crippen molar-refractivity contribution in [3.05, 3.63) is 12.2 Å². The monoisotopic (exact) mass is 1130 g/mol. The zero-order valence-corrected chi connectivity index (χ0v) is 54.6. The Morgan fingerprint density at radius 3 is 0.625 bits per heavy atom. The van der Waals surface area contributed by atoms with E-state index in [-0.39, 0.29) is 31.1 Å². The van der Waals surface area contributed by atoms with Gasteiger partial charge in [-0.3, -0.25) is 14.4 Å². The number of carbonyl (C=O) groups is 3. The van der Waals surface area contributed by atoms with Crippen molar-refractivity contribution in [2.75, 3.05) is 13.2 Å². The van der Waals surface area contributed by atoms with E-state index in [9.17, 15) is 14.4 Å². The van der Waals surface area contributed by atoms with Crippen molar-refractivity contribution in [1.82, 2.24) is 0 Å². The van der Waals surface area contributed by atoms with Crippen molar-refractivity contribution in [2.24, 2.45) is 0 Å². The zero-order chi connectivity index (χ0) is 57.8. The van der Waals surface area contributed by atoms with Crippen LogP contribution in [0.1, 0.15) is 425 Å². The standard InChI is InChI=1S/C74H142O6/c1-4-7-10-13-15-17-19-21-23-25-27-29-31-32-33-34-35-36-37-38-39-40-41-42-43-45-46-48-50-52-54-56-58-61-64-67-73(76)79-70-71(69-78-72(75)66-63-60-12-9-6-3)80-74(77)68-65-62-59-57-55-53-51-49-47-44-30-28-26-24-22-20-18-16-14-11-8-5-2/h25,27,71H,4-24,26,28-70H2,1-3H3/b27-25-. The smallest absolute Gasteiger partial charge is 0.306 e. The van der Waals surface area contributed by atoms with Crippen LogP contribution < -0.4 is 0 Å². The highest BCUT2D eigenvalue weighted by atomic mass is 16.6. The lowest BCUT2D eigenvalue weighted by atomic mass is 10.0. The van der Waals surface area contributed by atoms with E-state index < -0.39 is 6.10 Å². The minimum atomic E-state index is -0.762. The van der Waals surface area contributed by atoms with E-state index in [1.807, 2.05) is 0 Å². The highest BCUT2D eigenvalue weighted by Crippen LogP contribution is 2.19. The molecule has 0 aromatic heterocycles. The molecule has 0 amide bonds. The first-order valence-electron chi connectivity index (χ1n) is 36.7. The molecule has 80 heavy (non-hydrogen) atoms. The van der Waals surface area contributed by atoms with E-state index in [1.165, 1.54) is 321 Å². The largest absolute Gasteiger partial charge is 0.462 e. The highest BCUT2D eigenvalue weighted by Gasteiger charge is 2.19. The normalized spacial score (nSPS) is 12.0. The Morgan fingerprint density at radius 1 is 0.237 bits per heavy atom. The van der Waals surface area contributed by atoms with Crippen LogP contribution in [0.15, 0.2) is 12.2 Å².